The van der Waals surface area contributed by atoms with Gasteiger partial charge in [0, 0.05) is 25.5 Å². The molecule has 2 amide bonds. The highest BCUT2D eigenvalue weighted by molar-refractivity contribution is 6.07. The number of carbonyl (C=O) groups is 2. The van der Waals surface area contributed by atoms with E-state index in [1.165, 1.54) is 18.5 Å². The van der Waals surface area contributed by atoms with Crippen molar-refractivity contribution in [2.75, 3.05) is 10.6 Å². The van der Waals surface area contributed by atoms with Crippen molar-refractivity contribution in [2.45, 2.75) is 0 Å². The molecule has 0 saturated heterocycles. The fourth-order valence-corrected chi connectivity index (χ4v) is 2.10. The van der Waals surface area contributed by atoms with Crippen LogP contribution >= 0.6 is 0 Å². The van der Waals surface area contributed by atoms with Gasteiger partial charge in [0.25, 0.3) is 11.8 Å². The molecule has 0 fully saturated rings. The Hall–Kier alpha value is -3.82. The highest BCUT2D eigenvalue weighted by Crippen LogP contribution is 2.21. The lowest BCUT2D eigenvalue weighted by Crippen LogP contribution is -2.18. The first-order chi connectivity index (χ1) is 12.0. The van der Waals surface area contributed by atoms with Crippen LogP contribution in [0.5, 0.6) is 0 Å². The standard InChI is InChI=1S/C15H14N8O2/c1-23-8-5-11(22-23)20-15(25)13-9(3-2-6-17-13)19-10-4-7-18-21-12(10)14(16)24/h2-8H,1H3,(H2,16,24)(H,18,19)(H,20,22,25). The number of pyridine rings is 1. The molecule has 0 aliphatic rings. The number of nitrogens with zero attached hydrogens (tertiary/aromatic N) is 5. The molecule has 0 saturated carbocycles. The van der Waals surface area contributed by atoms with E-state index in [1.807, 2.05) is 0 Å². The molecule has 3 aromatic rings. The third-order valence-electron chi connectivity index (χ3n) is 3.20. The number of aryl methyl sites for hydroxylation is 1. The van der Waals surface area contributed by atoms with Crippen LogP contribution in [-0.4, -0.2) is 36.8 Å². The lowest BCUT2D eigenvalue weighted by atomic mass is 10.2. The van der Waals surface area contributed by atoms with Gasteiger partial charge >= 0.3 is 0 Å². The monoisotopic (exact) mass is 338 g/mol. The number of amides is 2. The number of hydrogen-bond donors (Lipinski definition) is 3. The van der Waals surface area contributed by atoms with E-state index in [9.17, 15) is 9.59 Å². The van der Waals surface area contributed by atoms with Gasteiger partial charge in [-0.3, -0.25) is 14.3 Å². The quantitative estimate of drug-likeness (QED) is 0.622. The third kappa shape index (κ3) is 3.58. The van der Waals surface area contributed by atoms with Gasteiger partial charge in [-0.1, -0.05) is 0 Å². The summed E-state index contributed by atoms with van der Waals surface area (Å²) in [5, 5.41) is 17.0. The number of anilines is 3. The Morgan fingerprint density at radius 1 is 1.12 bits per heavy atom. The van der Waals surface area contributed by atoms with Crippen molar-refractivity contribution in [3.63, 3.8) is 0 Å². The van der Waals surface area contributed by atoms with Gasteiger partial charge in [-0.15, -0.1) is 5.10 Å². The molecule has 10 heteroatoms. The van der Waals surface area contributed by atoms with Crippen LogP contribution in [0.2, 0.25) is 0 Å². The Morgan fingerprint density at radius 2 is 1.92 bits per heavy atom. The summed E-state index contributed by atoms with van der Waals surface area (Å²) in [5.74, 6) is -0.795. The predicted octanol–water partition coefficient (Wildman–Crippen LogP) is 0.700. The summed E-state index contributed by atoms with van der Waals surface area (Å²) in [5.41, 5.74) is 6.07. The number of hydrogen-bond acceptors (Lipinski definition) is 7. The summed E-state index contributed by atoms with van der Waals surface area (Å²) in [6.07, 6.45) is 4.59. The van der Waals surface area contributed by atoms with E-state index in [0.717, 1.165) is 0 Å². The van der Waals surface area contributed by atoms with E-state index >= 15 is 0 Å². The Labute approximate surface area is 142 Å². The van der Waals surface area contributed by atoms with Crippen molar-refractivity contribution in [3.8, 4) is 0 Å². The smallest absolute Gasteiger partial charge is 0.277 e. The summed E-state index contributed by atoms with van der Waals surface area (Å²) in [6, 6.07) is 6.48. The second-order valence-electron chi connectivity index (χ2n) is 5.01. The molecule has 0 bridgehead atoms. The van der Waals surface area contributed by atoms with E-state index in [0.29, 0.717) is 17.2 Å². The SMILES string of the molecule is Cn1ccc(NC(=O)c2ncccc2Nc2ccnnc2C(N)=O)n1. The van der Waals surface area contributed by atoms with Crippen LogP contribution < -0.4 is 16.4 Å². The van der Waals surface area contributed by atoms with E-state index < -0.39 is 11.8 Å². The van der Waals surface area contributed by atoms with Crippen LogP contribution in [0.3, 0.4) is 0 Å². The molecule has 3 heterocycles. The molecule has 0 radical (unpaired) electrons. The minimum absolute atomic E-state index is 0.0394. The minimum atomic E-state index is -0.737. The van der Waals surface area contributed by atoms with Crippen molar-refractivity contribution in [1.82, 2.24) is 25.0 Å². The van der Waals surface area contributed by atoms with Crippen LogP contribution in [0.1, 0.15) is 21.0 Å². The second-order valence-corrected chi connectivity index (χ2v) is 5.01. The molecule has 126 valence electrons. The zero-order chi connectivity index (χ0) is 17.8. The number of rotatable bonds is 5. The molecule has 0 unspecified atom stereocenters. The number of nitrogens with two attached hydrogens (primary N) is 1. The molecule has 3 aromatic heterocycles. The minimum Gasteiger partial charge on any atom is -0.364 e. The summed E-state index contributed by atoms with van der Waals surface area (Å²) in [6.45, 7) is 0. The Morgan fingerprint density at radius 3 is 2.64 bits per heavy atom. The normalized spacial score (nSPS) is 10.3. The summed E-state index contributed by atoms with van der Waals surface area (Å²) in [4.78, 5) is 28.0. The van der Waals surface area contributed by atoms with Gasteiger partial charge in [0.15, 0.2) is 17.2 Å². The predicted molar refractivity (Wildman–Crippen MR) is 89.2 cm³/mol. The summed E-state index contributed by atoms with van der Waals surface area (Å²) < 4.78 is 1.56. The van der Waals surface area contributed by atoms with Crippen molar-refractivity contribution < 1.29 is 9.59 Å². The van der Waals surface area contributed by atoms with Gasteiger partial charge in [-0.05, 0) is 18.2 Å². The van der Waals surface area contributed by atoms with Gasteiger partial charge in [0.2, 0.25) is 0 Å². The molecule has 0 atom stereocenters. The molecule has 4 N–H and O–H groups in total. The Balaban J connectivity index is 1.89. The maximum atomic E-state index is 12.5. The third-order valence-corrected chi connectivity index (χ3v) is 3.20. The number of nitrogens with one attached hydrogen (secondary N) is 2. The van der Waals surface area contributed by atoms with Crippen molar-refractivity contribution in [2.24, 2.45) is 12.8 Å². The largest absolute Gasteiger partial charge is 0.364 e. The molecule has 25 heavy (non-hydrogen) atoms. The Bertz CT molecular complexity index is 937. The second kappa shape index (κ2) is 6.74. The summed E-state index contributed by atoms with van der Waals surface area (Å²) >= 11 is 0. The molecular weight excluding hydrogens is 324 g/mol. The first-order valence-electron chi connectivity index (χ1n) is 7.19. The highest BCUT2D eigenvalue weighted by Gasteiger charge is 2.17. The first-order valence-corrected chi connectivity index (χ1v) is 7.19. The van der Waals surface area contributed by atoms with Gasteiger partial charge in [0.1, 0.15) is 0 Å². The molecule has 0 spiro atoms. The van der Waals surface area contributed by atoms with Gasteiger partial charge < -0.3 is 16.4 Å². The van der Waals surface area contributed by atoms with Crippen molar-refractivity contribution in [1.29, 1.82) is 0 Å². The average molecular weight is 338 g/mol. The topological polar surface area (TPSA) is 141 Å². The Kier molecular flexibility index (Phi) is 4.33. The maximum absolute atomic E-state index is 12.5. The van der Waals surface area contributed by atoms with Crippen molar-refractivity contribution in [3.05, 3.63) is 54.2 Å². The zero-order valence-electron chi connectivity index (χ0n) is 13.2. The van der Waals surface area contributed by atoms with Crippen LogP contribution in [0.15, 0.2) is 42.9 Å². The van der Waals surface area contributed by atoms with Gasteiger partial charge in [-0.25, -0.2) is 4.98 Å². The molecule has 10 nitrogen and oxygen atoms in total. The van der Waals surface area contributed by atoms with Gasteiger partial charge in [0.05, 0.1) is 17.6 Å². The number of aromatic nitrogens is 5. The molecular formula is C15H14N8O2. The zero-order valence-corrected chi connectivity index (χ0v) is 13.2. The molecule has 0 aliphatic heterocycles. The van der Waals surface area contributed by atoms with Crippen LogP contribution in [-0.2, 0) is 7.05 Å². The van der Waals surface area contributed by atoms with Gasteiger partial charge in [-0.2, -0.15) is 10.2 Å². The highest BCUT2D eigenvalue weighted by atomic mass is 16.2. The fourth-order valence-electron chi connectivity index (χ4n) is 2.10. The molecule has 0 aromatic carbocycles. The van der Waals surface area contributed by atoms with E-state index in [4.69, 9.17) is 5.73 Å². The average Bonchev–Trinajstić information content (AvgIpc) is 3.00. The summed E-state index contributed by atoms with van der Waals surface area (Å²) in [7, 11) is 1.74. The lowest BCUT2D eigenvalue weighted by molar-refractivity contribution is 0.0993. The van der Waals surface area contributed by atoms with Crippen LogP contribution in [0.25, 0.3) is 0 Å². The fraction of sp³-hybridized carbons (Fsp3) is 0.0667. The van der Waals surface area contributed by atoms with E-state index in [2.05, 4.69) is 30.9 Å². The first kappa shape index (κ1) is 16.1. The van der Waals surface area contributed by atoms with E-state index in [1.54, 1.807) is 36.1 Å². The number of primary amides is 1. The molecule has 3 rings (SSSR count). The van der Waals surface area contributed by atoms with Crippen LogP contribution in [0.4, 0.5) is 17.2 Å². The van der Waals surface area contributed by atoms with Crippen molar-refractivity contribution >= 4 is 29.0 Å². The van der Waals surface area contributed by atoms with Crippen LogP contribution in [0, 0.1) is 0 Å². The van der Waals surface area contributed by atoms with E-state index in [-0.39, 0.29) is 11.4 Å². The lowest BCUT2D eigenvalue weighted by Gasteiger charge is -2.11. The molecule has 0 aliphatic carbocycles. The number of carbonyl (C=O) groups excluding carboxylic acids is 2. The maximum Gasteiger partial charge on any atom is 0.277 e.